The molecule has 1 rings (SSSR count). The molecular weight excluding hydrogens is 204 g/mol. The number of nitrogens with zero attached hydrogens (tertiary/aromatic N) is 1. The number of aromatic nitrogens is 1. The van der Waals surface area contributed by atoms with E-state index in [0.717, 1.165) is 11.3 Å². The van der Waals surface area contributed by atoms with E-state index in [2.05, 4.69) is 10.3 Å². The van der Waals surface area contributed by atoms with Gasteiger partial charge in [-0.2, -0.15) is 0 Å². The number of hydrogen-bond donors (Lipinski definition) is 3. The molecule has 0 aliphatic heterocycles. The molecule has 5 N–H and O–H groups in total. The number of nitrogens with two attached hydrogens (primary N) is 2. The summed E-state index contributed by atoms with van der Waals surface area (Å²) in [4.78, 5) is 15.3. The summed E-state index contributed by atoms with van der Waals surface area (Å²) < 4.78 is 0. The summed E-state index contributed by atoms with van der Waals surface area (Å²) in [5, 5.41) is 2.76. The number of pyridine rings is 1. The number of hydrogen-bond acceptors (Lipinski definition) is 4. The van der Waals surface area contributed by atoms with E-state index in [-0.39, 0.29) is 6.67 Å². The summed E-state index contributed by atoms with van der Waals surface area (Å²) >= 11 is 0. The maximum absolute atomic E-state index is 11.1. The zero-order valence-electron chi connectivity index (χ0n) is 9.23. The molecule has 0 spiro atoms. The molecular formula is C11H16N4O. The highest BCUT2D eigenvalue weighted by atomic mass is 16.1. The summed E-state index contributed by atoms with van der Waals surface area (Å²) in [7, 11) is 0. The molecule has 1 aromatic rings. The Kier molecular flexibility index (Phi) is 4.47. The Bertz CT molecular complexity index is 383. The van der Waals surface area contributed by atoms with Crippen LogP contribution in [-0.4, -0.2) is 17.6 Å². The lowest BCUT2D eigenvalue weighted by Gasteiger charge is -2.04. The first-order valence-corrected chi connectivity index (χ1v) is 4.97. The third-order valence-electron chi connectivity index (χ3n) is 2.08. The van der Waals surface area contributed by atoms with Crippen LogP contribution in [0.4, 0.5) is 0 Å². The van der Waals surface area contributed by atoms with Crippen LogP contribution in [0.1, 0.15) is 11.3 Å². The number of nitrogens with one attached hydrogen (secondary N) is 1. The van der Waals surface area contributed by atoms with E-state index in [4.69, 9.17) is 11.5 Å². The Morgan fingerprint density at radius 3 is 2.81 bits per heavy atom. The fourth-order valence-electron chi connectivity index (χ4n) is 1.21. The molecule has 0 fully saturated rings. The van der Waals surface area contributed by atoms with Crippen molar-refractivity contribution in [2.24, 2.45) is 11.5 Å². The van der Waals surface area contributed by atoms with Crippen molar-refractivity contribution in [3.05, 3.63) is 41.4 Å². The Balaban J connectivity index is 2.76. The smallest absolute Gasteiger partial charge is 0.246 e. The highest BCUT2D eigenvalue weighted by Crippen LogP contribution is 2.06. The van der Waals surface area contributed by atoms with E-state index >= 15 is 0 Å². The minimum Gasteiger partial charge on any atom is -0.378 e. The predicted octanol–water partition coefficient (Wildman–Crippen LogP) is -0.192. The van der Waals surface area contributed by atoms with Crippen LogP contribution in [0.5, 0.6) is 0 Å². The summed E-state index contributed by atoms with van der Waals surface area (Å²) in [5.74, 6) is -0.457. The van der Waals surface area contributed by atoms with E-state index < -0.39 is 5.91 Å². The summed E-state index contributed by atoms with van der Waals surface area (Å²) in [5.41, 5.74) is 12.9. The molecule has 0 radical (unpaired) electrons. The van der Waals surface area contributed by atoms with Crippen molar-refractivity contribution in [3.8, 4) is 0 Å². The third-order valence-corrected chi connectivity index (χ3v) is 2.08. The monoisotopic (exact) mass is 220 g/mol. The highest BCUT2D eigenvalue weighted by Gasteiger charge is 2.06. The van der Waals surface area contributed by atoms with Crippen LogP contribution in [0.15, 0.2) is 30.1 Å². The largest absolute Gasteiger partial charge is 0.378 e. The SMILES string of the molecule is Cc1ccc(C/C(=C/NCN)C(N)=O)cn1. The Hall–Kier alpha value is -1.88. The van der Waals surface area contributed by atoms with E-state index in [1.807, 2.05) is 19.1 Å². The highest BCUT2D eigenvalue weighted by molar-refractivity contribution is 5.92. The molecule has 0 saturated heterocycles. The van der Waals surface area contributed by atoms with Gasteiger partial charge in [0.15, 0.2) is 0 Å². The zero-order valence-corrected chi connectivity index (χ0v) is 9.23. The molecule has 16 heavy (non-hydrogen) atoms. The van der Waals surface area contributed by atoms with Crippen molar-refractivity contribution in [1.82, 2.24) is 10.3 Å². The van der Waals surface area contributed by atoms with Crippen molar-refractivity contribution in [2.75, 3.05) is 6.67 Å². The summed E-state index contributed by atoms with van der Waals surface area (Å²) in [6.45, 7) is 2.17. The van der Waals surface area contributed by atoms with Gasteiger partial charge in [0.05, 0.1) is 6.67 Å². The van der Waals surface area contributed by atoms with Crippen LogP contribution in [0, 0.1) is 6.92 Å². The standard InChI is InChI=1S/C11H16N4O/c1-8-2-3-9(5-15-8)4-10(11(13)16)6-14-7-12/h2-3,5-6,14H,4,7,12H2,1H3,(H2,13,16)/b10-6-. The summed E-state index contributed by atoms with van der Waals surface area (Å²) in [6, 6.07) is 3.81. The molecule has 0 aliphatic rings. The van der Waals surface area contributed by atoms with Gasteiger partial charge in [-0.05, 0) is 18.6 Å². The number of amides is 1. The molecule has 0 unspecified atom stereocenters. The Labute approximate surface area is 94.5 Å². The second-order valence-corrected chi connectivity index (χ2v) is 3.43. The lowest BCUT2D eigenvalue weighted by Crippen LogP contribution is -2.22. The fraction of sp³-hybridized carbons (Fsp3) is 0.273. The van der Waals surface area contributed by atoms with Gasteiger partial charge in [-0.3, -0.25) is 9.78 Å². The minimum absolute atomic E-state index is 0.267. The van der Waals surface area contributed by atoms with Gasteiger partial charge in [0.25, 0.3) is 0 Å². The second kappa shape index (κ2) is 5.87. The second-order valence-electron chi connectivity index (χ2n) is 3.43. The van der Waals surface area contributed by atoms with E-state index in [1.54, 1.807) is 12.4 Å². The number of rotatable bonds is 5. The van der Waals surface area contributed by atoms with Gasteiger partial charge in [0.1, 0.15) is 0 Å². The van der Waals surface area contributed by atoms with Gasteiger partial charge in [0.2, 0.25) is 5.91 Å². The lowest BCUT2D eigenvalue weighted by atomic mass is 10.1. The number of carbonyl (C=O) groups excluding carboxylic acids is 1. The first-order chi connectivity index (χ1) is 7.63. The molecule has 1 aromatic heterocycles. The quantitative estimate of drug-likeness (QED) is 0.473. The van der Waals surface area contributed by atoms with Crippen LogP contribution in [0.3, 0.4) is 0 Å². The van der Waals surface area contributed by atoms with E-state index in [0.29, 0.717) is 12.0 Å². The zero-order chi connectivity index (χ0) is 12.0. The van der Waals surface area contributed by atoms with Crippen LogP contribution in [0.25, 0.3) is 0 Å². The summed E-state index contributed by atoms with van der Waals surface area (Å²) in [6.07, 6.45) is 3.73. The van der Waals surface area contributed by atoms with Crippen molar-refractivity contribution in [3.63, 3.8) is 0 Å². The molecule has 5 nitrogen and oxygen atoms in total. The number of primary amides is 1. The average molecular weight is 220 g/mol. The maximum atomic E-state index is 11.1. The molecule has 0 aliphatic carbocycles. The normalized spacial score (nSPS) is 11.2. The maximum Gasteiger partial charge on any atom is 0.246 e. The van der Waals surface area contributed by atoms with Crippen LogP contribution in [0.2, 0.25) is 0 Å². The Morgan fingerprint density at radius 2 is 2.31 bits per heavy atom. The molecule has 1 amide bonds. The molecule has 0 atom stereocenters. The van der Waals surface area contributed by atoms with Crippen LogP contribution >= 0.6 is 0 Å². The molecule has 86 valence electrons. The van der Waals surface area contributed by atoms with Gasteiger partial charge < -0.3 is 16.8 Å². The van der Waals surface area contributed by atoms with Gasteiger partial charge in [-0.15, -0.1) is 0 Å². The van der Waals surface area contributed by atoms with Gasteiger partial charge >= 0.3 is 0 Å². The molecule has 0 aromatic carbocycles. The van der Waals surface area contributed by atoms with E-state index in [1.165, 1.54) is 0 Å². The van der Waals surface area contributed by atoms with Crippen LogP contribution in [-0.2, 0) is 11.2 Å². The van der Waals surface area contributed by atoms with Gasteiger partial charge in [0, 0.05) is 30.1 Å². The minimum atomic E-state index is -0.457. The molecule has 5 heteroatoms. The fourth-order valence-corrected chi connectivity index (χ4v) is 1.21. The number of aryl methyl sites for hydroxylation is 1. The van der Waals surface area contributed by atoms with Gasteiger partial charge in [-0.25, -0.2) is 0 Å². The molecule has 0 saturated carbocycles. The lowest BCUT2D eigenvalue weighted by molar-refractivity contribution is -0.114. The molecule has 0 bridgehead atoms. The topological polar surface area (TPSA) is 94.0 Å². The predicted molar refractivity (Wildman–Crippen MR) is 62.1 cm³/mol. The average Bonchev–Trinajstić information content (AvgIpc) is 2.26. The van der Waals surface area contributed by atoms with Crippen LogP contribution < -0.4 is 16.8 Å². The first-order valence-electron chi connectivity index (χ1n) is 4.97. The molecule has 1 heterocycles. The van der Waals surface area contributed by atoms with Crippen molar-refractivity contribution < 1.29 is 4.79 Å². The van der Waals surface area contributed by atoms with Gasteiger partial charge in [-0.1, -0.05) is 6.07 Å². The third kappa shape index (κ3) is 3.70. The first kappa shape index (κ1) is 12.2. The van der Waals surface area contributed by atoms with E-state index in [9.17, 15) is 4.79 Å². The van der Waals surface area contributed by atoms with Crippen molar-refractivity contribution in [2.45, 2.75) is 13.3 Å². The van der Waals surface area contributed by atoms with Crippen molar-refractivity contribution >= 4 is 5.91 Å². The van der Waals surface area contributed by atoms with Crippen molar-refractivity contribution in [1.29, 1.82) is 0 Å². The number of carbonyl (C=O) groups is 1. The Morgan fingerprint density at radius 1 is 1.56 bits per heavy atom.